The molecule has 1 aromatic rings. The predicted octanol–water partition coefficient (Wildman–Crippen LogP) is 2.20. The van der Waals surface area contributed by atoms with Crippen LogP contribution in [-0.2, 0) is 11.2 Å². The first-order valence-corrected chi connectivity index (χ1v) is 8.51. The summed E-state index contributed by atoms with van der Waals surface area (Å²) < 4.78 is 0. The molecule has 3 rings (SSSR count). The Morgan fingerprint density at radius 2 is 2.14 bits per heavy atom. The van der Waals surface area contributed by atoms with Gasteiger partial charge in [0.05, 0.1) is 12.6 Å². The number of anilines is 1. The van der Waals surface area contributed by atoms with Gasteiger partial charge in [-0.3, -0.25) is 9.69 Å². The second kappa shape index (κ2) is 6.80. The summed E-state index contributed by atoms with van der Waals surface area (Å²) in [4.78, 5) is 16.8. The standard InChI is InChI=1S/C18H26N2O2/c1-2-17(21)16-9-5-6-11-19(16)13-18(22)20-12-10-14-7-3-4-8-15(14)20/h3-4,7-8,16-17,21H,2,5-6,9-13H2,1H3. The van der Waals surface area contributed by atoms with Crippen molar-refractivity contribution in [1.82, 2.24) is 4.90 Å². The van der Waals surface area contributed by atoms with Gasteiger partial charge in [0, 0.05) is 18.3 Å². The Kier molecular flexibility index (Phi) is 4.79. The van der Waals surface area contributed by atoms with Crippen LogP contribution in [0.1, 0.15) is 38.2 Å². The fourth-order valence-corrected chi connectivity index (χ4v) is 3.78. The number of nitrogens with zero attached hydrogens (tertiary/aromatic N) is 2. The smallest absolute Gasteiger partial charge is 0.241 e. The molecule has 1 aromatic carbocycles. The molecule has 1 fully saturated rings. The lowest BCUT2D eigenvalue weighted by Gasteiger charge is -2.38. The summed E-state index contributed by atoms with van der Waals surface area (Å²) in [6.45, 7) is 4.14. The van der Waals surface area contributed by atoms with Crippen LogP contribution in [0.2, 0.25) is 0 Å². The first kappa shape index (κ1) is 15.5. The molecule has 0 spiro atoms. The van der Waals surface area contributed by atoms with Crippen LogP contribution in [0, 0.1) is 0 Å². The molecule has 22 heavy (non-hydrogen) atoms. The highest BCUT2D eigenvalue weighted by atomic mass is 16.3. The molecule has 0 aromatic heterocycles. The van der Waals surface area contributed by atoms with Crippen molar-refractivity contribution in [3.05, 3.63) is 29.8 Å². The minimum atomic E-state index is -0.320. The highest BCUT2D eigenvalue weighted by Gasteiger charge is 2.32. The van der Waals surface area contributed by atoms with Gasteiger partial charge in [-0.15, -0.1) is 0 Å². The van der Waals surface area contributed by atoms with E-state index in [1.54, 1.807) is 0 Å². The average Bonchev–Trinajstić information content (AvgIpc) is 2.99. The van der Waals surface area contributed by atoms with Gasteiger partial charge in [0.15, 0.2) is 0 Å². The molecule has 1 amide bonds. The van der Waals surface area contributed by atoms with Gasteiger partial charge in [-0.1, -0.05) is 31.5 Å². The van der Waals surface area contributed by atoms with Crippen molar-refractivity contribution in [3.63, 3.8) is 0 Å². The highest BCUT2D eigenvalue weighted by Crippen LogP contribution is 2.28. The molecule has 0 radical (unpaired) electrons. The number of para-hydroxylation sites is 1. The predicted molar refractivity (Wildman–Crippen MR) is 88.0 cm³/mol. The molecule has 2 aliphatic heterocycles. The van der Waals surface area contributed by atoms with E-state index < -0.39 is 0 Å². The van der Waals surface area contributed by atoms with Gasteiger partial charge in [0.25, 0.3) is 0 Å². The molecule has 4 nitrogen and oxygen atoms in total. The molecular weight excluding hydrogens is 276 g/mol. The van der Waals surface area contributed by atoms with Gasteiger partial charge in [-0.05, 0) is 43.9 Å². The van der Waals surface area contributed by atoms with E-state index >= 15 is 0 Å². The van der Waals surface area contributed by atoms with Crippen molar-refractivity contribution in [2.24, 2.45) is 0 Å². The number of fused-ring (bicyclic) bond motifs is 1. The second-order valence-corrected chi connectivity index (χ2v) is 6.43. The zero-order chi connectivity index (χ0) is 15.5. The Morgan fingerprint density at radius 3 is 2.95 bits per heavy atom. The Labute approximate surface area is 132 Å². The van der Waals surface area contributed by atoms with Crippen molar-refractivity contribution in [2.45, 2.75) is 51.2 Å². The van der Waals surface area contributed by atoms with Crippen molar-refractivity contribution in [1.29, 1.82) is 0 Å². The molecule has 0 aliphatic carbocycles. The molecular formula is C18H26N2O2. The Morgan fingerprint density at radius 1 is 1.32 bits per heavy atom. The van der Waals surface area contributed by atoms with E-state index in [2.05, 4.69) is 11.0 Å². The zero-order valence-corrected chi connectivity index (χ0v) is 13.4. The van der Waals surface area contributed by atoms with Crippen LogP contribution in [0.3, 0.4) is 0 Å². The average molecular weight is 302 g/mol. The van der Waals surface area contributed by atoms with Crippen molar-refractivity contribution in [3.8, 4) is 0 Å². The van der Waals surface area contributed by atoms with E-state index in [-0.39, 0.29) is 18.1 Å². The normalized spacial score (nSPS) is 23.4. The molecule has 0 saturated carbocycles. The van der Waals surface area contributed by atoms with Gasteiger partial charge in [-0.25, -0.2) is 0 Å². The summed E-state index contributed by atoms with van der Waals surface area (Å²) in [5.74, 6) is 0.167. The maximum atomic E-state index is 12.7. The minimum Gasteiger partial charge on any atom is -0.392 e. The number of aliphatic hydroxyl groups excluding tert-OH is 1. The zero-order valence-electron chi connectivity index (χ0n) is 13.4. The summed E-state index contributed by atoms with van der Waals surface area (Å²) in [5.41, 5.74) is 2.33. The van der Waals surface area contributed by atoms with E-state index in [9.17, 15) is 9.90 Å². The van der Waals surface area contributed by atoms with E-state index in [0.29, 0.717) is 6.54 Å². The maximum Gasteiger partial charge on any atom is 0.241 e. The quantitative estimate of drug-likeness (QED) is 0.927. The maximum absolute atomic E-state index is 12.7. The molecule has 2 heterocycles. The van der Waals surface area contributed by atoms with Gasteiger partial charge >= 0.3 is 0 Å². The van der Waals surface area contributed by atoms with Gasteiger partial charge in [0.1, 0.15) is 0 Å². The summed E-state index contributed by atoms with van der Waals surface area (Å²) in [6.07, 6.45) is 4.65. The Balaban J connectivity index is 1.68. The summed E-state index contributed by atoms with van der Waals surface area (Å²) in [5, 5.41) is 10.2. The fourth-order valence-electron chi connectivity index (χ4n) is 3.78. The van der Waals surface area contributed by atoms with Crippen LogP contribution in [-0.4, -0.2) is 47.7 Å². The third-order valence-corrected chi connectivity index (χ3v) is 5.05. The summed E-state index contributed by atoms with van der Waals surface area (Å²) in [6, 6.07) is 8.31. The molecule has 2 atom stereocenters. The lowest BCUT2D eigenvalue weighted by atomic mass is 9.96. The fraction of sp³-hybridized carbons (Fsp3) is 0.611. The molecule has 1 N–H and O–H groups in total. The van der Waals surface area contributed by atoms with Crippen molar-refractivity contribution < 1.29 is 9.90 Å². The van der Waals surface area contributed by atoms with E-state index in [0.717, 1.165) is 50.9 Å². The van der Waals surface area contributed by atoms with Crippen LogP contribution in [0.15, 0.2) is 24.3 Å². The summed E-state index contributed by atoms with van der Waals surface area (Å²) >= 11 is 0. The second-order valence-electron chi connectivity index (χ2n) is 6.43. The SMILES string of the molecule is CCC(O)C1CCCCN1CC(=O)N1CCc2ccccc21. The Bertz CT molecular complexity index is 532. The number of amides is 1. The monoisotopic (exact) mass is 302 g/mol. The molecule has 2 aliphatic rings. The number of piperidine rings is 1. The lowest BCUT2D eigenvalue weighted by Crippen LogP contribution is -2.51. The third-order valence-electron chi connectivity index (χ3n) is 5.05. The van der Waals surface area contributed by atoms with E-state index in [4.69, 9.17) is 0 Å². The van der Waals surface area contributed by atoms with Crippen molar-refractivity contribution in [2.75, 3.05) is 24.5 Å². The van der Waals surface area contributed by atoms with Gasteiger partial charge < -0.3 is 10.0 Å². The number of carbonyl (C=O) groups is 1. The largest absolute Gasteiger partial charge is 0.392 e. The number of aliphatic hydroxyl groups is 1. The van der Waals surface area contributed by atoms with Crippen LogP contribution in [0.25, 0.3) is 0 Å². The van der Waals surface area contributed by atoms with Gasteiger partial charge in [-0.2, -0.15) is 0 Å². The molecule has 0 bridgehead atoms. The van der Waals surface area contributed by atoms with Crippen molar-refractivity contribution >= 4 is 11.6 Å². The number of rotatable bonds is 4. The number of carbonyl (C=O) groups excluding carboxylic acids is 1. The first-order valence-electron chi connectivity index (χ1n) is 8.51. The van der Waals surface area contributed by atoms with Crippen LogP contribution < -0.4 is 4.90 Å². The first-order chi connectivity index (χ1) is 10.7. The minimum absolute atomic E-state index is 0.139. The number of hydrogen-bond acceptors (Lipinski definition) is 3. The lowest BCUT2D eigenvalue weighted by molar-refractivity contribution is -0.121. The number of hydrogen-bond donors (Lipinski definition) is 1. The third kappa shape index (κ3) is 3.03. The molecule has 2 unspecified atom stereocenters. The molecule has 1 saturated heterocycles. The number of likely N-dealkylation sites (tertiary alicyclic amines) is 1. The van der Waals surface area contributed by atoms with Gasteiger partial charge in [0.2, 0.25) is 5.91 Å². The molecule has 4 heteroatoms. The van der Waals surface area contributed by atoms with Crippen LogP contribution in [0.4, 0.5) is 5.69 Å². The highest BCUT2D eigenvalue weighted by molar-refractivity contribution is 5.96. The molecule has 120 valence electrons. The van der Waals surface area contributed by atoms with E-state index in [1.807, 2.05) is 30.0 Å². The number of benzene rings is 1. The topological polar surface area (TPSA) is 43.8 Å². The van der Waals surface area contributed by atoms with Crippen LogP contribution in [0.5, 0.6) is 0 Å². The summed E-state index contributed by atoms with van der Waals surface area (Å²) in [7, 11) is 0. The Hall–Kier alpha value is -1.39. The van der Waals surface area contributed by atoms with Crippen LogP contribution >= 0.6 is 0 Å². The van der Waals surface area contributed by atoms with E-state index in [1.165, 1.54) is 5.56 Å².